The summed E-state index contributed by atoms with van der Waals surface area (Å²) in [6.07, 6.45) is 8.02. The second kappa shape index (κ2) is 9.19. The predicted molar refractivity (Wildman–Crippen MR) is 115 cm³/mol. The molecule has 3 aliphatic heterocycles. The molecule has 1 aromatic rings. The molecule has 1 amide bonds. The number of ether oxygens (including phenoxy) is 2. The van der Waals surface area contributed by atoms with Gasteiger partial charge in [-0.05, 0) is 55.4 Å². The van der Waals surface area contributed by atoms with E-state index in [1.807, 2.05) is 0 Å². The minimum Gasteiger partial charge on any atom is -0.490 e. The Morgan fingerprint density at radius 1 is 1.10 bits per heavy atom. The van der Waals surface area contributed by atoms with Gasteiger partial charge in [0.05, 0.1) is 25.2 Å². The van der Waals surface area contributed by atoms with Crippen molar-refractivity contribution < 1.29 is 14.3 Å². The summed E-state index contributed by atoms with van der Waals surface area (Å²) >= 11 is 0. The standard InChI is InChI=1S/C24H34N2O3/c1-3-5-12-28-22-14-17-9-11-26-21(19(17)15-23(22)29-13-6-4-2)16-20-18(24(26)27)8-7-10-25-20/h14-15,18,21H,3-13,16H2,1-2H3. The zero-order valence-electron chi connectivity index (χ0n) is 17.9. The predicted octanol–water partition coefficient (Wildman–Crippen LogP) is 4.72. The average Bonchev–Trinajstić information content (AvgIpc) is 2.74. The summed E-state index contributed by atoms with van der Waals surface area (Å²) in [7, 11) is 0. The van der Waals surface area contributed by atoms with E-state index in [4.69, 9.17) is 14.5 Å². The lowest BCUT2D eigenvalue weighted by Gasteiger charge is -2.45. The Bertz CT molecular complexity index is 774. The van der Waals surface area contributed by atoms with Crippen molar-refractivity contribution in [3.05, 3.63) is 23.3 Å². The minimum atomic E-state index is 0.0264. The van der Waals surface area contributed by atoms with Crippen LogP contribution in [0.2, 0.25) is 0 Å². The molecule has 29 heavy (non-hydrogen) atoms. The first-order valence-corrected chi connectivity index (χ1v) is 11.5. The number of rotatable bonds is 8. The molecular weight excluding hydrogens is 364 g/mol. The second-order valence-corrected chi connectivity index (χ2v) is 8.47. The molecule has 0 radical (unpaired) electrons. The Morgan fingerprint density at radius 2 is 1.83 bits per heavy atom. The van der Waals surface area contributed by atoms with Gasteiger partial charge in [-0.2, -0.15) is 0 Å². The molecule has 3 heterocycles. The molecule has 5 nitrogen and oxygen atoms in total. The van der Waals surface area contributed by atoms with Crippen molar-refractivity contribution in [3.63, 3.8) is 0 Å². The van der Waals surface area contributed by atoms with E-state index in [1.165, 1.54) is 11.1 Å². The van der Waals surface area contributed by atoms with E-state index < -0.39 is 0 Å². The van der Waals surface area contributed by atoms with Gasteiger partial charge < -0.3 is 14.4 Å². The highest BCUT2D eigenvalue weighted by Crippen LogP contribution is 2.44. The fourth-order valence-electron chi connectivity index (χ4n) is 4.74. The Kier molecular flexibility index (Phi) is 6.41. The summed E-state index contributed by atoms with van der Waals surface area (Å²) in [6.45, 7) is 7.42. The van der Waals surface area contributed by atoms with Crippen LogP contribution in [0.15, 0.2) is 17.1 Å². The van der Waals surface area contributed by atoms with E-state index in [-0.39, 0.29) is 17.9 Å². The van der Waals surface area contributed by atoms with Crippen molar-refractivity contribution >= 4 is 11.6 Å². The normalized spacial score (nSPS) is 23.0. The quantitative estimate of drug-likeness (QED) is 0.595. The van der Waals surface area contributed by atoms with E-state index in [2.05, 4.69) is 30.9 Å². The highest BCUT2D eigenvalue weighted by Gasteiger charge is 2.43. The maximum atomic E-state index is 13.1. The van der Waals surface area contributed by atoms with Gasteiger partial charge in [-0.1, -0.05) is 26.7 Å². The number of piperidine rings is 1. The van der Waals surface area contributed by atoms with E-state index in [0.717, 1.165) is 81.7 Å². The van der Waals surface area contributed by atoms with Crippen LogP contribution >= 0.6 is 0 Å². The van der Waals surface area contributed by atoms with Crippen LogP contribution in [-0.4, -0.2) is 42.8 Å². The van der Waals surface area contributed by atoms with Gasteiger partial charge in [-0.25, -0.2) is 0 Å². The van der Waals surface area contributed by atoms with Gasteiger partial charge in [-0.3, -0.25) is 9.79 Å². The number of amides is 1. The summed E-state index contributed by atoms with van der Waals surface area (Å²) in [5, 5.41) is 0. The number of fused-ring (bicyclic) bond motifs is 4. The number of unbranched alkanes of at least 4 members (excludes halogenated alkanes) is 2. The van der Waals surface area contributed by atoms with Crippen LogP contribution in [0.25, 0.3) is 0 Å². The first kappa shape index (κ1) is 20.2. The molecule has 0 aliphatic carbocycles. The highest BCUT2D eigenvalue weighted by atomic mass is 16.5. The van der Waals surface area contributed by atoms with Crippen LogP contribution in [0, 0.1) is 5.92 Å². The topological polar surface area (TPSA) is 51.1 Å². The smallest absolute Gasteiger partial charge is 0.231 e. The molecule has 0 spiro atoms. The van der Waals surface area contributed by atoms with E-state index in [1.54, 1.807) is 0 Å². The minimum absolute atomic E-state index is 0.0264. The zero-order valence-corrected chi connectivity index (χ0v) is 17.9. The van der Waals surface area contributed by atoms with Gasteiger partial charge in [0.15, 0.2) is 11.5 Å². The second-order valence-electron chi connectivity index (χ2n) is 8.47. The first-order valence-electron chi connectivity index (χ1n) is 11.5. The monoisotopic (exact) mass is 398 g/mol. The summed E-state index contributed by atoms with van der Waals surface area (Å²) in [4.78, 5) is 20.0. The van der Waals surface area contributed by atoms with Crippen molar-refractivity contribution in [2.45, 2.75) is 71.3 Å². The maximum absolute atomic E-state index is 13.1. The molecule has 1 saturated heterocycles. The number of nitrogens with zero attached hydrogens (tertiary/aromatic N) is 2. The third-order valence-corrected chi connectivity index (χ3v) is 6.43. The Labute approximate surface area is 174 Å². The van der Waals surface area contributed by atoms with Gasteiger partial charge in [-0.15, -0.1) is 0 Å². The Balaban J connectivity index is 1.64. The Morgan fingerprint density at radius 3 is 2.55 bits per heavy atom. The molecular formula is C24H34N2O3. The molecule has 2 unspecified atom stereocenters. The molecule has 0 bridgehead atoms. The summed E-state index contributed by atoms with van der Waals surface area (Å²) in [6, 6.07) is 4.42. The summed E-state index contributed by atoms with van der Waals surface area (Å²) in [5.74, 6) is 1.99. The van der Waals surface area contributed by atoms with Crippen LogP contribution in [0.1, 0.15) is 76.0 Å². The van der Waals surface area contributed by atoms with Gasteiger partial charge in [0.1, 0.15) is 0 Å². The molecule has 0 saturated carbocycles. The lowest BCUT2D eigenvalue weighted by molar-refractivity contribution is -0.138. The molecule has 1 fully saturated rings. The molecule has 5 heteroatoms. The van der Waals surface area contributed by atoms with Crippen LogP contribution in [-0.2, 0) is 11.2 Å². The van der Waals surface area contributed by atoms with Gasteiger partial charge in [0.25, 0.3) is 0 Å². The van der Waals surface area contributed by atoms with Crippen LogP contribution in [0.3, 0.4) is 0 Å². The number of aliphatic imine (C=N–C) groups is 1. The van der Waals surface area contributed by atoms with Gasteiger partial charge in [0.2, 0.25) is 5.91 Å². The van der Waals surface area contributed by atoms with Gasteiger partial charge >= 0.3 is 0 Å². The summed E-state index contributed by atoms with van der Waals surface area (Å²) in [5.41, 5.74) is 3.64. The van der Waals surface area contributed by atoms with E-state index >= 15 is 0 Å². The first-order chi connectivity index (χ1) is 14.2. The lowest BCUT2D eigenvalue weighted by Crippen LogP contribution is -2.51. The third-order valence-electron chi connectivity index (χ3n) is 6.43. The number of benzene rings is 1. The highest BCUT2D eigenvalue weighted by molar-refractivity contribution is 6.07. The fourth-order valence-corrected chi connectivity index (χ4v) is 4.74. The zero-order chi connectivity index (χ0) is 20.2. The number of carbonyl (C=O) groups excluding carboxylic acids is 1. The van der Waals surface area contributed by atoms with Crippen LogP contribution in [0.5, 0.6) is 11.5 Å². The molecule has 4 rings (SSSR count). The maximum Gasteiger partial charge on any atom is 0.231 e. The SMILES string of the molecule is CCCCOc1cc2c(cc1OCCCC)C1CC3=NCCCC3C(=O)N1CC2. The molecule has 0 N–H and O–H groups in total. The molecule has 0 aromatic heterocycles. The van der Waals surface area contributed by atoms with Gasteiger partial charge in [0, 0.05) is 25.2 Å². The largest absolute Gasteiger partial charge is 0.490 e. The molecule has 1 aromatic carbocycles. The molecule has 158 valence electrons. The number of hydrogen-bond donors (Lipinski definition) is 0. The van der Waals surface area contributed by atoms with E-state index in [0.29, 0.717) is 13.2 Å². The van der Waals surface area contributed by atoms with E-state index in [9.17, 15) is 4.79 Å². The Hall–Kier alpha value is -2.04. The fraction of sp³-hybridized carbons (Fsp3) is 0.667. The van der Waals surface area contributed by atoms with Crippen molar-refractivity contribution in [1.29, 1.82) is 0 Å². The van der Waals surface area contributed by atoms with Crippen molar-refractivity contribution in [3.8, 4) is 11.5 Å². The van der Waals surface area contributed by atoms with Crippen LogP contribution < -0.4 is 9.47 Å². The third kappa shape index (κ3) is 4.15. The molecule has 3 aliphatic rings. The molecule has 2 atom stereocenters. The lowest BCUT2D eigenvalue weighted by atomic mass is 9.79. The van der Waals surface area contributed by atoms with Crippen LogP contribution in [0.4, 0.5) is 0 Å². The van der Waals surface area contributed by atoms with Crippen molar-refractivity contribution in [1.82, 2.24) is 4.90 Å². The number of carbonyl (C=O) groups is 1. The number of hydrogen-bond acceptors (Lipinski definition) is 4. The average molecular weight is 399 g/mol. The summed E-state index contributed by atoms with van der Waals surface area (Å²) < 4.78 is 12.2. The van der Waals surface area contributed by atoms with Crippen molar-refractivity contribution in [2.24, 2.45) is 10.9 Å². The van der Waals surface area contributed by atoms with Crippen molar-refractivity contribution in [2.75, 3.05) is 26.3 Å².